The first kappa shape index (κ1) is 15.9. The van der Waals surface area contributed by atoms with Crippen LogP contribution in [0.25, 0.3) is 0 Å². The standard InChI is InChI=1S/C15H23N3O3S/c1-20-9-6-17-4-2-12-13(3-5-17)22-14(16-12)15(19)18-7-10-21-11-8-18/h2-11H2,1H3. The van der Waals surface area contributed by atoms with E-state index in [-0.39, 0.29) is 5.91 Å². The zero-order chi connectivity index (χ0) is 15.4. The lowest BCUT2D eigenvalue weighted by atomic mass is 10.2. The van der Waals surface area contributed by atoms with Crippen LogP contribution in [-0.4, -0.2) is 80.3 Å². The quantitative estimate of drug-likeness (QED) is 0.814. The van der Waals surface area contributed by atoms with Crippen LogP contribution in [0.4, 0.5) is 0 Å². The summed E-state index contributed by atoms with van der Waals surface area (Å²) in [6.07, 6.45) is 1.90. The summed E-state index contributed by atoms with van der Waals surface area (Å²) in [4.78, 5) is 22.7. The van der Waals surface area contributed by atoms with Crippen molar-refractivity contribution in [2.24, 2.45) is 0 Å². The second-order valence-electron chi connectivity index (χ2n) is 5.63. The van der Waals surface area contributed by atoms with Crippen LogP contribution in [0.15, 0.2) is 0 Å². The number of hydrogen-bond donors (Lipinski definition) is 0. The molecule has 0 saturated carbocycles. The highest BCUT2D eigenvalue weighted by atomic mass is 32.1. The van der Waals surface area contributed by atoms with E-state index >= 15 is 0 Å². The van der Waals surface area contributed by atoms with Crippen LogP contribution in [0.1, 0.15) is 20.4 Å². The number of nitrogens with zero attached hydrogens (tertiary/aromatic N) is 3. The maximum absolute atomic E-state index is 12.5. The van der Waals surface area contributed by atoms with Gasteiger partial charge in [-0.3, -0.25) is 4.79 Å². The largest absolute Gasteiger partial charge is 0.383 e. The van der Waals surface area contributed by atoms with E-state index < -0.39 is 0 Å². The van der Waals surface area contributed by atoms with Crippen molar-refractivity contribution in [1.82, 2.24) is 14.8 Å². The van der Waals surface area contributed by atoms with E-state index in [2.05, 4.69) is 9.88 Å². The van der Waals surface area contributed by atoms with Gasteiger partial charge in [0, 0.05) is 51.1 Å². The summed E-state index contributed by atoms with van der Waals surface area (Å²) < 4.78 is 10.4. The molecule has 1 saturated heterocycles. The molecule has 1 amide bonds. The molecule has 0 aliphatic carbocycles. The molecule has 7 heteroatoms. The smallest absolute Gasteiger partial charge is 0.283 e. The Bertz CT molecular complexity index is 489. The van der Waals surface area contributed by atoms with Crippen molar-refractivity contribution in [3.63, 3.8) is 0 Å². The molecule has 2 aliphatic heterocycles. The molecule has 22 heavy (non-hydrogen) atoms. The lowest BCUT2D eigenvalue weighted by Crippen LogP contribution is -2.40. The molecule has 0 N–H and O–H groups in total. The lowest BCUT2D eigenvalue weighted by molar-refractivity contribution is 0.0302. The molecule has 1 aromatic heterocycles. The number of ether oxygens (including phenoxy) is 2. The first-order chi connectivity index (χ1) is 10.8. The minimum atomic E-state index is 0.0672. The molecule has 0 unspecified atom stereocenters. The first-order valence-electron chi connectivity index (χ1n) is 7.85. The summed E-state index contributed by atoms with van der Waals surface area (Å²) in [5.74, 6) is 0.0672. The van der Waals surface area contributed by atoms with Crippen LogP contribution in [0, 0.1) is 0 Å². The van der Waals surface area contributed by atoms with Gasteiger partial charge in [0.25, 0.3) is 5.91 Å². The zero-order valence-electron chi connectivity index (χ0n) is 13.0. The van der Waals surface area contributed by atoms with Crippen molar-refractivity contribution in [3.8, 4) is 0 Å². The molecule has 0 atom stereocenters. The molecule has 0 spiro atoms. The average molecular weight is 325 g/mol. The summed E-state index contributed by atoms with van der Waals surface area (Å²) in [5, 5.41) is 0.650. The van der Waals surface area contributed by atoms with Crippen molar-refractivity contribution in [2.45, 2.75) is 12.8 Å². The third-order valence-corrected chi connectivity index (χ3v) is 5.34. The highest BCUT2D eigenvalue weighted by molar-refractivity contribution is 7.13. The number of aromatic nitrogens is 1. The predicted molar refractivity (Wildman–Crippen MR) is 84.6 cm³/mol. The van der Waals surface area contributed by atoms with Gasteiger partial charge < -0.3 is 19.3 Å². The van der Waals surface area contributed by atoms with Crippen molar-refractivity contribution >= 4 is 17.2 Å². The van der Waals surface area contributed by atoms with Crippen LogP contribution in [0.5, 0.6) is 0 Å². The van der Waals surface area contributed by atoms with Gasteiger partial charge in [-0.15, -0.1) is 11.3 Å². The van der Waals surface area contributed by atoms with Gasteiger partial charge in [-0.1, -0.05) is 0 Å². The first-order valence-corrected chi connectivity index (χ1v) is 8.66. The maximum atomic E-state index is 12.5. The molecule has 1 fully saturated rings. The van der Waals surface area contributed by atoms with Crippen LogP contribution < -0.4 is 0 Å². The van der Waals surface area contributed by atoms with E-state index in [0.717, 1.165) is 44.8 Å². The van der Waals surface area contributed by atoms with Gasteiger partial charge in [-0.05, 0) is 6.42 Å². The minimum Gasteiger partial charge on any atom is -0.383 e. The molecule has 3 rings (SSSR count). The molecule has 0 radical (unpaired) electrons. The van der Waals surface area contributed by atoms with E-state index in [0.29, 0.717) is 31.3 Å². The van der Waals surface area contributed by atoms with Crippen molar-refractivity contribution in [1.29, 1.82) is 0 Å². The number of rotatable bonds is 4. The normalized spacial score (nSPS) is 19.8. The van der Waals surface area contributed by atoms with Crippen molar-refractivity contribution in [3.05, 3.63) is 15.6 Å². The van der Waals surface area contributed by atoms with Gasteiger partial charge in [0.2, 0.25) is 0 Å². The van der Waals surface area contributed by atoms with E-state index in [1.54, 1.807) is 18.4 Å². The third kappa shape index (κ3) is 3.65. The van der Waals surface area contributed by atoms with Crippen LogP contribution in [0.3, 0.4) is 0 Å². The molecule has 0 aromatic carbocycles. The average Bonchev–Trinajstić information content (AvgIpc) is 2.88. The topological polar surface area (TPSA) is 54.9 Å². The predicted octanol–water partition coefficient (Wildman–Crippen LogP) is 0.663. The molecule has 6 nitrogen and oxygen atoms in total. The second-order valence-corrected chi connectivity index (χ2v) is 6.71. The number of methoxy groups -OCH3 is 1. The fourth-order valence-corrected chi connectivity index (χ4v) is 3.91. The lowest BCUT2D eigenvalue weighted by Gasteiger charge is -2.25. The Morgan fingerprint density at radius 2 is 2.05 bits per heavy atom. The van der Waals surface area contributed by atoms with E-state index in [4.69, 9.17) is 9.47 Å². The van der Waals surface area contributed by atoms with Gasteiger partial charge in [0.05, 0.1) is 25.5 Å². The van der Waals surface area contributed by atoms with Crippen molar-refractivity contribution < 1.29 is 14.3 Å². The fraction of sp³-hybridized carbons (Fsp3) is 0.733. The van der Waals surface area contributed by atoms with Crippen LogP contribution in [0.2, 0.25) is 0 Å². The summed E-state index contributed by atoms with van der Waals surface area (Å²) in [5.41, 5.74) is 1.11. The SMILES string of the molecule is COCCN1CCc2nc(C(=O)N3CCOCC3)sc2CC1. The highest BCUT2D eigenvalue weighted by Gasteiger charge is 2.25. The number of thiazole rings is 1. The van der Waals surface area contributed by atoms with Gasteiger partial charge in [-0.2, -0.15) is 0 Å². The Morgan fingerprint density at radius 1 is 1.27 bits per heavy atom. The molecule has 1 aromatic rings. The number of carbonyl (C=O) groups is 1. The molecular weight excluding hydrogens is 302 g/mol. The van der Waals surface area contributed by atoms with E-state index in [9.17, 15) is 4.79 Å². The third-order valence-electron chi connectivity index (χ3n) is 4.19. The van der Waals surface area contributed by atoms with Gasteiger partial charge in [-0.25, -0.2) is 4.98 Å². The van der Waals surface area contributed by atoms with Gasteiger partial charge in [0.1, 0.15) is 0 Å². The number of fused-ring (bicyclic) bond motifs is 1. The van der Waals surface area contributed by atoms with Crippen LogP contribution in [-0.2, 0) is 22.3 Å². The Morgan fingerprint density at radius 3 is 2.82 bits per heavy atom. The van der Waals surface area contributed by atoms with Crippen molar-refractivity contribution in [2.75, 3.05) is 59.7 Å². The molecule has 3 heterocycles. The molecule has 122 valence electrons. The number of carbonyl (C=O) groups excluding carboxylic acids is 1. The number of morpholine rings is 1. The maximum Gasteiger partial charge on any atom is 0.283 e. The molecular formula is C15H23N3O3S. The van der Waals surface area contributed by atoms with Gasteiger partial charge in [0.15, 0.2) is 5.01 Å². The fourth-order valence-electron chi connectivity index (χ4n) is 2.85. The summed E-state index contributed by atoms with van der Waals surface area (Å²) in [6, 6.07) is 0. The Kier molecular flexibility index (Phi) is 5.41. The van der Waals surface area contributed by atoms with Crippen LogP contribution >= 0.6 is 11.3 Å². The zero-order valence-corrected chi connectivity index (χ0v) is 13.9. The highest BCUT2D eigenvalue weighted by Crippen LogP contribution is 2.24. The Labute approximate surface area is 135 Å². The monoisotopic (exact) mass is 325 g/mol. The summed E-state index contributed by atoms with van der Waals surface area (Å²) in [6.45, 7) is 6.35. The Balaban J connectivity index is 1.63. The second kappa shape index (κ2) is 7.50. The minimum absolute atomic E-state index is 0.0672. The number of hydrogen-bond acceptors (Lipinski definition) is 6. The van der Waals surface area contributed by atoms with E-state index in [1.165, 1.54) is 4.88 Å². The molecule has 2 aliphatic rings. The Hall–Kier alpha value is -1.02. The summed E-state index contributed by atoms with van der Waals surface area (Å²) in [7, 11) is 1.74. The molecule has 0 bridgehead atoms. The van der Waals surface area contributed by atoms with E-state index in [1.807, 2.05) is 4.90 Å². The summed E-state index contributed by atoms with van der Waals surface area (Å²) >= 11 is 1.58. The van der Waals surface area contributed by atoms with Gasteiger partial charge >= 0.3 is 0 Å². The number of amides is 1.